The van der Waals surface area contributed by atoms with Crippen LogP contribution in [0.3, 0.4) is 0 Å². The maximum Gasteiger partial charge on any atom is 0.245 e. The summed E-state index contributed by atoms with van der Waals surface area (Å²) in [5, 5.41) is 2.67. The van der Waals surface area contributed by atoms with Crippen LogP contribution in [0.1, 0.15) is 26.3 Å². The molecule has 0 spiro atoms. The standard InChI is InChI=1S/C15H19FN2O2/c1-9(2)13-14(19)17-10(3)15(20)18(13)8-11-6-4-5-7-12(11)16/h4-7,9-10,13H,8H2,1-3H3,(H,17,19). The molecule has 1 heterocycles. The minimum absolute atomic E-state index is 0.0294. The van der Waals surface area contributed by atoms with Crippen molar-refractivity contribution in [3.05, 3.63) is 35.6 Å². The Morgan fingerprint density at radius 3 is 2.55 bits per heavy atom. The van der Waals surface area contributed by atoms with E-state index >= 15 is 0 Å². The molecule has 1 N–H and O–H groups in total. The Morgan fingerprint density at radius 2 is 1.95 bits per heavy atom. The largest absolute Gasteiger partial charge is 0.343 e. The van der Waals surface area contributed by atoms with Crippen LogP contribution in [0.15, 0.2) is 24.3 Å². The van der Waals surface area contributed by atoms with Crippen LogP contribution >= 0.6 is 0 Å². The second-order valence-electron chi connectivity index (χ2n) is 5.48. The molecule has 0 saturated carbocycles. The van der Waals surface area contributed by atoms with E-state index in [1.165, 1.54) is 11.0 Å². The van der Waals surface area contributed by atoms with E-state index < -0.39 is 12.1 Å². The molecule has 1 fully saturated rings. The summed E-state index contributed by atoms with van der Waals surface area (Å²) in [6, 6.07) is 5.20. The third kappa shape index (κ3) is 2.66. The van der Waals surface area contributed by atoms with Gasteiger partial charge in [0, 0.05) is 12.1 Å². The second kappa shape index (κ2) is 5.61. The zero-order chi connectivity index (χ0) is 14.9. The van der Waals surface area contributed by atoms with Gasteiger partial charge in [0.05, 0.1) is 0 Å². The number of hydrogen-bond donors (Lipinski definition) is 1. The lowest BCUT2D eigenvalue weighted by Gasteiger charge is -2.40. The molecule has 108 valence electrons. The summed E-state index contributed by atoms with van der Waals surface area (Å²) in [6.45, 7) is 5.51. The summed E-state index contributed by atoms with van der Waals surface area (Å²) in [5.41, 5.74) is 0.424. The van der Waals surface area contributed by atoms with Crippen molar-refractivity contribution >= 4 is 11.8 Å². The number of carbonyl (C=O) groups is 2. The first kappa shape index (κ1) is 14.5. The summed E-state index contributed by atoms with van der Waals surface area (Å²) in [4.78, 5) is 25.8. The molecule has 1 aromatic rings. The molecule has 0 aliphatic carbocycles. The van der Waals surface area contributed by atoms with Crippen molar-refractivity contribution < 1.29 is 14.0 Å². The summed E-state index contributed by atoms with van der Waals surface area (Å²) in [6.07, 6.45) is 0. The number of benzene rings is 1. The highest BCUT2D eigenvalue weighted by Crippen LogP contribution is 2.21. The van der Waals surface area contributed by atoms with Crippen LogP contribution < -0.4 is 5.32 Å². The highest BCUT2D eigenvalue weighted by molar-refractivity contribution is 5.96. The van der Waals surface area contributed by atoms with E-state index in [2.05, 4.69) is 5.32 Å². The number of nitrogens with zero attached hydrogens (tertiary/aromatic N) is 1. The van der Waals surface area contributed by atoms with Gasteiger partial charge in [0.25, 0.3) is 0 Å². The number of rotatable bonds is 3. The third-order valence-corrected chi connectivity index (χ3v) is 3.55. The number of halogens is 1. The van der Waals surface area contributed by atoms with Gasteiger partial charge >= 0.3 is 0 Å². The molecular formula is C15H19FN2O2. The zero-order valence-corrected chi connectivity index (χ0v) is 11.9. The number of carbonyl (C=O) groups excluding carboxylic acids is 2. The SMILES string of the molecule is CC1NC(=O)C(C(C)C)N(Cc2ccccc2F)C1=O. The normalized spacial score (nSPS) is 23.1. The van der Waals surface area contributed by atoms with Gasteiger partial charge in [-0.05, 0) is 18.9 Å². The van der Waals surface area contributed by atoms with Crippen LogP contribution in [-0.4, -0.2) is 28.8 Å². The van der Waals surface area contributed by atoms with E-state index in [-0.39, 0.29) is 30.1 Å². The Hall–Kier alpha value is -1.91. The lowest BCUT2D eigenvalue weighted by molar-refractivity contribution is -0.151. The molecular weight excluding hydrogens is 259 g/mol. The fraction of sp³-hybridized carbons (Fsp3) is 0.467. The fourth-order valence-electron chi connectivity index (χ4n) is 2.54. The van der Waals surface area contributed by atoms with Crippen molar-refractivity contribution in [2.45, 2.75) is 39.4 Å². The Labute approximate surface area is 118 Å². The van der Waals surface area contributed by atoms with Crippen LogP contribution in [-0.2, 0) is 16.1 Å². The van der Waals surface area contributed by atoms with E-state index in [0.717, 1.165) is 0 Å². The molecule has 0 bridgehead atoms. The molecule has 1 aromatic carbocycles. The van der Waals surface area contributed by atoms with Crippen LogP contribution in [0.25, 0.3) is 0 Å². The van der Waals surface area contributed by atoms with Gasteiger partial charge < -0.3 is 10.2 Å². The number of amides is 2. The van der Waals surface area contributed by atoms with Crippen molar-refractivity contribution in [2.75, 3.05) is 0 Å². The van der Waals surface area contributed by atoms with Gasteiger partial charge in [0.2, 0.25) is 11.8 Å². The van der Waals surface area contributed by atoms with Gasteiger partial charge in [0.15, 0.2) is 0 Å². The number of nitrogens with one attached hydrogen (secondary N) is 1. The quantitative estimate of drug-likeness (QED) is 0.915. The molecule has 0 radical (unpaired) electrons. The molecule has 4 nitrogen and oxygen atoms in total. The Balaban J connectivity index is 2.31. The monoisotopic (exact) mass is 278 g/mol. The number of piperazine rings is 1. The van der Waals surface area contributed by atoms with Crippen molar-refractivity contribution in [3.63, 3.8) is 0 Å². The maximum absolute atomic E-state index is 13.8. The zero-order valence-electron chi connectivity index (χ0n) is 11.9. The highest BCUT2D eigenvalue weighted by Gasteiger charge is 2.40. The van der Waals surface area contributed by atoms with Gasteiger partial charge in [-0.15, -0.1) is 0 Å². The predicted octanol–water partition coefficient (Wildman–Crippen LogP) is 1.70. The minimum atomic E-state index is -0.565. The number of hydrogen-bond acceptors (Lipinski definition) is 2. The van der Waals surface area contributed by atoms with Gasteiger partial charge in [-0.1, -0.05) is 32.0 Å². The van der Waals surface area contributed by atoms with E-state index in [4.69, 9.17) is 0 Å². The van der Waals surface area contributed by atoms with Gasteiger partial charge in [0.1, 0.15) is 17.9 Å². The molecule has 5 heteroatoms. The average Bonchev–Trinajstić information content (AvgIpc) is 2.37. The summed E-state index contributed by atoms with van der Waals surface area (Å²) >= 11 is 0. The molecule has 0 aromatic heterocycles. The lowest BCUT2D eigenvalue weighted by Crippen LogP contribution is -2.63. The summed E-state index contributed by atoms with van der Waals surface area (Å²) < 4.78 is 13.8. The van der Waals surface area contributed by atoms with Gasteiger partial charge in [-0.25, -0.2) is 4.39 Å². The van der Waals surface area contributed by atoms with Crippen molar-refractivity contribution in [1.29, 1.82) is 0 Å². The first-order chi connectivity index (χ1) is 9.41. The van der Waals surface area contributed by atoms with Crippen molar-refractivity contribution in [2.24, 2.45) is 5.92 Å². The molecule has 1 aliphatic rings. The Morgan fingerprint density at radius 1 is 1.30 bits per heavy atom. The summed E-state index contributed by atoms with van der Waals surface area (Å²) in [5.74, 6) is -0.741. The first-order valence-corrected chi connectivity index (χ1v) is 6.76. The molecule has 1 aliphatic heterocycles. The topological polar surface area (TPSA) is 49.4 Å². The Kier molecular flexibility index (Phi) is 4.06. The Bertz CT molecular complexity index is 530. The predicted molar refractivity (Wildman–Crippen MR) is 73.2 cm³/mol. The second-order valence-corrected chi connectivity index (χ2v) is 5.48. The van der Waals surface area contributed by atoms with E-state index in [1.54, 1.807) is 25.1 Å². The van der Waals surface area contributed by atoms with E-state index in [9.17, 15) is 14.0 Å². The molecule has 2 atom stereocenters. The van der Waals surface area contributed by atoms with Crippen LogP contribution in [0.4, 0.5) is 4.39 Å². The molecule has 1 saturated heterocycles. The van der Waals surface area contributed by atoms with Crippen LogP contribution in [0, 0.1) is 11.7 Å². The van der Waals surface area contributed by atoms with Crippen molar-refractivity contribution in [1.82, 2.24) is 10.2 Å². The third-order valence-electron chi connectivity index (χ3n) is 3.55. The minimum Gasteiger partial charge on any atom is -0.343 e. The molecule has 2 amide bonds. The van der Waals surface area contributed by atoms with Gasteiger partial charge in [-0.2, -0.15) is 0 Å². The lowest BCUT2D eigenvalue weighted by atomic mass is 9.96. The molecule has 2 unspecified atom stereocenters. The van der Waals surface area contributed by atoms with Crippen LogP contribution in [0.2, 0.25) is 0 Å². The fourth-order valence-corrected chi connectivity index (χ4v) is 2.54. The average molecular weight is 278 g/mol. The molecule has 2 rings (SSSR count). The maximum atomic E-state index is 13.8. The van der Waals surface area contributed by atoms with Crippen LogP contribution in [0.5, 0.6) is 0 Å². The first-order valence-electron chi connectivity index (χ1n) is 6.76. The smallest absolute Gasteiger partial charge is 0.245 e. The van der Waals surface area contributed by atoms with Crippen molar-refractivity contribution in [3.8, 4) is 0 Å². The summed E-state index contributed by atoms with van der Waals surface area (Å²) in [7, 11) is 0. The van der Waals surface area contributed by atoms with E-state index in [0.29, 0.717) is 5.56 Å². The van der Waals surface area contributed by atoms with E-state index in [1.807, 2.05) is 13.8 Å². The highest BCUT2D eigenvalue weighted by atomic mass is 19.1. The molecule has 20 heavy (non-hydrogen) atoms. The van der Waals surface area contributed by atoms with Gasteiger partial charge in [-0.3, -0.25) is 9.59 Å².